The molecule has 10 heteroatoms. The van der Waals surface area contributed by atoms with Crippen LogP contribution in [0.2, 0.25) is 0 Å². The van der Waals surface area contributed by atoms with Gasteiger partial charge in [-0.3, -0.25) is 14.2 Å². The Balaban J connectivity index is 1.74. The Morgan fingerprint density at radius 2 is 1.96 bits per heavy atom. The molecule has 2 aliphatic heterocycles. The Morgan fingerprint density at radius 1 is 1.36 bits per heavy atom. The van der Waals surface area contributed by atoms with Crippen molar-refractivity contribution in [3.8, 4) is 0 Å². The van der Waals surface area contributed by atoms with Gasteiger partial charge in [-0.25, -0.2) is 0 Å². The summed E-state index contributed by atoms with van der Waals surface area (Å²) in [5.74, 6) is -2.19. The number of nitrogens with one attached hydrogen (secondary N) is 1. The van der Waals surface area contributed by atoms with Gasteiger partial charge in [-0.1, -0.05) is 30.3 Å². The highest BCUT2D eigenvalue weighted by Crippen LogP contribution is 2.62. The largest absolute Gasteiger partial charge is 0.349 e. The molecule has 3 unspecified atom stereocenters. The van der Waals surface area contributed by atoms with E-state index in [2.05, 4.69) is 5.32 Å². The van der Waals surface area contributed by atoms with Gasteiger partial charge < -0.3 is 25.7 Å². The van der Waals surface area contributed by atoms with Crippen LogP contribution < -0.4 is 11.1 Å². The van der Waals surface area contributed by atoms with Crippen molar-refractivity contribution in [2.45, 2.75) is 41.8 Å². The number of hydrogen-bond donors (Lipinski definition) is 4. The third-order valence-corrected chi connectivity index (χ3v) is 7.72. The van der Waals surface area contributed by atoms with Crippen LogP contribution in [0.25, 0.3) is 0 Å². The fourth-order valence-electron chi connectivity index (χ4n) is 3.33. The zero-order valence-electron chi connectivity index (χ0n) is 13.7. The monoisotopic (exact) mass is 385 g/mol. The highest BCUT2D eigenvalue weighted by atomic mass is 32.2. The fourth-order valence-corrected chi connectivity index (χ4v) is 6.93. The number of β-lactam (4-membered cyclic amide) rings is 1. The molecule has 0 aliphatic carbocycles. The summed E-state index contributed by atoms with van der Waals surface area (Å²) < 4.78 is 11.0. The van der Waals surface area contributed by atoms with Gasteiger partial charge in [-0.15, -0.1) is 11.8 Å². The summed E-state index contributed by atoms with van der Waals surface area (Å²) >= 11 is 1.27. The molecule has 1 aromatic carbocycles. The molecule has 2 amide bonds. The zero-order valence-corrected chi connectivity index (χ0v) is 15.4. The maximum absolute atomic E-state index is 12.4. The molecule has 0 radical (unpaired) electrons. The molecule has 0 aromatic heterocycles. The van der Waals surface area contributed by atoms with Crippen LogP contribution in [0.4, 0.5) is 0 Å². The van der Waals surface area contributed by atoms with E-state index in [0.29, 0.717) is 5.56 Å². The third kappa shape index (κ3) is 3.11. The first kappa shape index (κ1) is 18.4. The lowest BCUT2D eigenvalue weighted by Crippen LogP contribution is -2.69. The molecule has 4 atom stereocenters. The summed E-state index contributed by atoms with van der Waals surface area (Å²) in [6, 6.07) is 7.02. The van der Waals surface area contributed by atoms with Gasteiger partial charge in [0.1, 0.15) is 23.2 Å². The summed E-state index contributed by atoms with van der Waals surface area (Å²) in [7, 11) is -4.50. The second-order valence-corrected chi connectivity index (χ2v) is 10.1. The van der Waals surface area contributed by atoms with Crippen LogP contribution >= 0.6 is 19.4 Å². The smallest absolute Gasteiger partial charge is 0.340 e. The number of hydrogen-bond acceptors (Lipinski definition) is 5. The highest BCUT2D eigenvalue weighted by Gasteiger charge is 2.66. The molecule has 3 rings (SSSR count). The topological polar surface area (TPSA) is 133 Å². The number of thioether (sulfide) groups is 1. The Kier molecular flexibility index (Phi) is 4.50. The van der Waals surface area contributed by atoms with Gasteiger partial charge in [0.2, 0.25) is 11.8 Å². The van der Waals surface area contributed by atoms with Crippen LogP contribution in [0.1, 0.15) is 25.5 Å². The van der Waals surface area contributed by atoms with Gasteiger partial charge in [-0.05, 0) is 19.4 Å². The molecule has 25 heavy (non-hydrogen) atoms. The quantitative estimate of drug-likeness (QED) is 0.435. The Hall–Kier alpha value is -1.38. The van der Waals surface area contributed by atoms with Crippen LogP contribution in [0, 0.1) is 0 Å². The Labute approximate surface area is 149 Å². The number of nitrogens with zero attached hydrogens (tertiary/aromatic N) is 1. The molecule has 5 N–H and O–H groups in total. The van der Waals surface area contributed by atoms with E-state index < -0.39 is 47.4 Å². The molecule has 136 valence electrons. The minimum atomic E-state index is -4.50. The molecule has 2 aliphatic rings. The highest BCUT2D eigenvalue weighted by molar-refractivity contribution is 8.02. The average molecular weight is 385 g/mol. The minimum absolute atomic E-state index is 0.495. The first-order chi connectivity index (χ1) is 11.5. The molecule has 0 saturated carbocycles. The van der Waals surface area contributed by atoms with Gasteiger partial charge >= 0.3 is 7.60 Å². The van der Waals surface area contributed by atoms with E-state index in [1.807, 2.05) is 0 Å². The third-order valence-electron chi connectivity index (χ3n) is 4.45. The molecule has 2 fully saturated rings. The lowest BCUT2D eigenvalue weighted by molar-refractivity contribution is -0.149. The van der Waals surface area contributed by atoms with Gasteiger partial charge in [0, 0.05) is 4.75 Å². The van der Waals surface area contributed by atoms with Gasteiger partial charge in [0.05, 0.1) is 0 Å². The van der Waals surface area contributed by atoms with Crippen LogP contribution in [0.3, 0.4) is 0 Å². The van der Waals surface area contributed by atoms with Crippen molar-refractivity contribution in [3.05, 3.63) is 35.9 Å². The summed E-state index contributed by atoms with van der Waals surface area (Å²) in [6.07, 6.45) is 0. The maximum atomic E-state index is 12.4. The lowest BCUT2D eigenvalue weighted by atomic mass is 10.0. The van der Waals surface area contributed by atoms with E-state index in [9.17, 15) is 23.9 Å². The molecule has 0 bridgehead atoms. The predicted octanol–water partition coefficient (Wildman–Crippen LogP) is 0.369. The second-order valence-electron chi connectivity index (χ2n) is 6.69. The standard InChI is InChI=1S/C15H20N3O5PS/c1-15(2)14(24(21,22)23)18-12(20)10(13(18)25-15)17-11(19)9(16)8-6-4-3-5-7-8/h3-7,9-10,13-14H,16H2,1-2H3,(H,17,19)(H2,21,22,23)/t9?,10?,13-,14?/m1/s1. The Bertz CT molecular complexity index is 753. The normalized spacial score (nSPS) is 28.9. The van der Waals surface area contributed by atoms with Crippen LogP contribution in [0.15, 0.2) is 30.3 Å². The second kappa shape index (κ2) is 6.10. The summed E-state index contributed by atoms with van der Waals surface area (Å²) in [5.41, 5.74) is 6.55. The predicted molar refractivity (Wildman–Crippen MR) is 93.4 cm³/mol. The molecule has 8 nitrogen and oxygen atoms in total. The summed E-state index contributed by atoms with van der Waals surface area (Å²) in [6.45, 7) is 3.36. The number of amides is 2. The number of carbonyl (C=O) groups excluding carboxylic acids is 2. The van der Waals surface area contributed by atoms with E-state index in [4.69, 9.17) is 5.73 Å². The Morgan fingerprint density at radius 3 is 2.52 bits per heavy atom. The average Bonchev–Trinajstić information content (AvgIpc) is 2.80. The minimum Gasteiger partial charge on any atom is -0.340 e. The zero-order chi connectivity index (χ0) is 18.6. The lowest BCUT2D eigenvalue weighted by Gasteiger charge is -2.44. The van der Waals surface area contributed by atoms with Crippen molar-refractivity contribution in [1.29, 1.82) is 0 Å². The number of nitrogens with two attached hydrogens (primary N) is 1. The summed E-state index contributed by atoms with van der Waals surface area (Å²) in [4.78, 5) is 45.1. The maximum Gasteiger partial charge on any atom is 0.349 e. The molecular formula is C15H20N3O5PS. The first-order valence-electron chi connectivity index (χ1n) is 7.70. The van der Waals surface area contributed by atoms with Crippen LogP contribution in [-0.2, 0) is 14.2 Å². The number of carbonyl (C=O) groups is 2. The number of fused-ring (bicyclic) bond motifs is 1. The van der Waals surface area contributed by atoms with Crippen molar-refractivity contribution in [3.63, 3.8) is 0 Å². The molecule has 0 spiro atoms. The van der Waals surface area contributed by atoms with Crippen molar-refractivity contribution >= 4 is 31.2 Å². The fraction of sp³-hybridized carbons (Fsp3) is 0.467. The van der Waals surface area contributed by atoms with Gasteiger partial charge in [0.25, 0.3) is 0 Å². The molecule has 2 heterocycles. The van der Waals surface area contributed by atoms with E-state index in [1.165, 1.54) is 16.7 Å². The van der Waals surface area contributed by atoms with Gasteiger partial charge in [0.15, 0.2) is 0 Å². The van der Waals surface area contributed by atoms with Crippen LogP contribution in [-0.4, -0.2) is 48.4 Å². The van der Waals surface area contributed by atoms with Crippen molar-refractivity contribution in [2.75, 3.05) is 0 Å². The number of benzene rings is 1. The van der Waals surface area contributed by atoms with Crippen molar-refractivity contribution in [1.82, 2.24) is 10.2 Å². The van der Waals surface area contributed by atoms with Crippen molar-refractivity contribution < 1.29 is 23.9 Å². The van der Waals surface area contributed by atoms with E-state index in [0.717, 1.165) is 0 Å². The van der Waals surface area contributed by atoms with Crippen molar-refractivity contribution in [2.24, 2.45) is 5.73 Å². The van der Waals surface area contributed by atoms with Gasteiger partial charge in [-0.2, -0.15) is 0 Å². The number of rotatable bonds is 4. The molecule has 1 aromatic rings. The SMILES string of the molecule is CC1(C)S[C@@H]2C(NC(=O)C(N)c3ccccc3)C(=O)N2C1P(=O)(O)O. The summed E-state index contributed by atoms with van der Waals surface area (Å²) in [5, 5.41) is 2.11. The molecule has 2 saturated heterocycles. The van der Waals surface area contributed by atoms with E-state index in [1.54, 1.807) is 44.2 Å². The molecular weight excluding hydrogens is 365 g/mol. The first-order valence-corrected chi connectivity index (χ1v) is 10.3. The van der Waals surface area contributed by atoms with E-state index in [-0.39, 0.29) is 0 Å². The van der Waals surface area contributed by atoms with Crippen LogP contribution in [0.5, 0.6) is 0 Å². The van der Waals surface area contributed by atoms with E-state index >= 15 is 0 Å².